The van der Waals surface area contributed by atoms with Gasteiger partial charge < -0.3 is 10.0 Å². The smallest absolute Gasteiger partial charge is 0.407 e. The van der Waals surface area contributed by atoms with E-state index < -0.39 is 23.0 Å². The van der Waals surface area contributed by atoms with Gasteiger partial charge >= 0.3 is 6.18 Å². The molecule has 0 unspecified atom stereocenters. The van der Waals surface area contributed by atoms with Crippen molar-refractivity contribution in [3.05, 3.63) is 59.4 Å². The number of nitrogens with zero attached hydrogens (tertiary/aromatic N) is 3. The molecule has 9 heteroatoms. The lowest BCUT2D eigenvalue weighted by Gasteiger charge is -2.30. The van der Waals surface area contributed by atoms with Gasteiger partial charge in [0.05, 0.1) is 17.7 Å². The van der Waals surface area contributed by atoms with Crippen molar-refractivity contribution in [2.24, 2.45) is 0 Å². The number of anilines is 2. The highest BCUT2D eigenvalue weighted by molar-refractivity contribution is 7.81. The highest BCUT2D eigenvalue weighted by atomic mass is 32.1. The predicted octanol–water partition coefficient (Wildman–Crippen LogP) is 5.33. The standard InChI is InChI=1S/C19H15F3N4OS/c1-18(2)16(23)25(17(28)26(18)11-4-7-13(27)8-5-11)12-6-9-15(24-3)14(10-12)19(20,21)22/h4-10,23,27H,1-2H3. The Bertz CT molecular complexity index is 1010. The minimum absolute atomic E-state index is 0.00531. The number of phenolic OH excluding ortho intramolecular Hbond substituents is 1. The zero-order valence-corrected chi connectivity index (χ0v) is 15.7. The van der Waals surface area contributed by atoms with E-state index in [-0.39, 0.29) is 22.4 Å². The van der Waals surface area contributed by atoms with Gasteiger partial charge in [-0.1, -0.05) is 6.07 Å². The molecule has 0 saturated carbocycles. The fourth-order valence-electron chi connectivity index (χ4n) is 3.08. The topological polar surface area (TPSA) is 54.9 Å². The number of nitrogens with one attached hydrogen (secondary N) is 1. The molecule has 2 aromatic rings. The highest BCUT2D eigenvalue weighted by Gasteiger charge is 2.48. The molecule has 5 nitrogen and oxygen atoms in total. The summed E-state index contributed by atoms with van der Waals surface area (Å²) in [5.41, 5.74) is -1.87. The summed E-state index contributed by atoms with van der Waals surface area (Å²) in [5, 5.41) is 18.2. The van der Waals surface area contributed by atoms with E-state index in [2.05, 4.69) is 4.85 Å². The number of phenols is 1. The second-order valence-electron chi connectivity index (χ2n) is 6.69. The fourth-order valence-corrected chi connectivity index (χ4v) is 3.61. The quantitative estimate of drug-likeness (QED) is 0.525. The Morgan fingerprint density at radius 3 is 2.21 bits per heavy atom. The molecular weight excluding hydrogens is 389 g/mol. The summed E-state index contributed by atoms with van der Waals surface area (Å²) in [5.74, 6) is 0.0532. The van der Waals surface area contributed by atoms with Crippen LogP contribution in [-0.2, 0) is 6.18 Å². The maximum Gasteiger partial charge on any atom is 0.407 e. The fraction of sp³-hybridized carbons (Fsp3) is 0.211. The Kier molecular flexibility index (Phi) is 4.55. The lowest BCUT2D eigenvalue weighted by Crippen LogP contribution is -2.44. The molecular formula is C19H15F3N4OS. The average molecular weight is 404 g/mol. The van der Waals surface area contributed by atoms with Crippen molar-refractivity contribution in [1.82, 2.24) is 0 Å². The van der Waals surface area contributed by atoms with E-state index in [9.17, 15) is 18.3 Å². The van der Waals surface area contributed by atoms with Gasteiger partial charge in [-0.2, -0.15) is 13.2 Å². The van der Waals surface area contributed by atoms with Gasteiger partial charge in [-0.15, -0.1) is 0 Å². The summed E-state index contributed by atoms with van der Waals surface area (Å²) in [6.07, 6.45) is -4.70. The summed E-state index contributed by atoms with van der Waals surface area (Å²) in [4.78, 5) is 5.83. The molecule has 1 heterocycles. The van der Waals surface area contributed by atoms with Crippen LogP contribution in [0.25, 0.3) is 4.85 Å². The van der Waals surface area contributed by atoms with Crippen LogP contribution in [0.5, 0.6) is 5.75 Å². The van der Waals surface area contributed by atoms with Gasteiger partial charge in [0, 0.05) is 11.4 Å². The van der Waals surface area contributed by atoms with Crippen molar-refractivity contribution in [2.45, 2.75) is 25.6 Å². The third-order valence-electron chi connectivity index (χ3n) is 4.52. The number of benzene rings is 2. The number of amidine groups is 1. The van der Waals surface area contributed by atoms with Gasteiger partial charge in [-0.05, 0) is 62.5 Å². The molecule has 1 aliphatic heterocycles. The largest absolute Gasteiger partial charge is 0.508 e. The van der Waals surface area contributed by atoms with E-state index in [0.29, 0.717) is 5.69 Å². The van der Waals surface area contributed by atoms with Crippen molar-refractivity contribution >= 4 is 40.2 Å². The molecule has 0 spiro atoms. The summed E-state index contributed by atoms with van der Waals surface area (Å²) >= 11 is 5.49. The van der Waals surface area contributed by atoms with Crippen LogP contribution in [0.1, 0.15) is 19.4 Å². The van der Waals surface area contributed by atoms with Gasteiger partial charge in [-0.25, -0.2) is 4.85 Å². The van der Waals surface area contributed by atoms with Crippen LogP contribution in [-0.4, -0.2) is 21.6 Å². The third kappa shape index (κ3) is 3.05. The minimum Gasteiger partial charge on any atom is -0.508 e. The van der Waals surface area contributed by atoms with E-state index in [1.54, 1.807) is 30.9 Å². The predicted molar refractivity (Wildman–Crippen MR) is 105 cm³/mol. The van der Waals surface area contributed by atoms with Crippen LogP contribution in [0.15, 0.2) is 42.5 Å². The highest BCUT2D eigenvalue weighted by Crippen LogP contribution is 2.42. The number of hydrogen-bond acceptors (Lipinski definition) is 3. The number of halogens is 3. The van der Waals surface area contributed by atoms with Gasteiger partial charge in [0.15, 0.2) is 10.8 Å². The molecule has 0 aromatic heterocycles. The monoisotopic (exact) mass is 404 g/mol. The van der Waals surface area contributed by atoms with Crippen LogP contribution in [0.2, 0.25) is 0 Å². The number of alkyl halides is 3. The molecule has 2 N–H and O–H groups in total. The summed E-state index contributed by atoms with van der Waals surface area (Å²) in [6, 6.07) is 9.42. The average Bonchev–Trinajstić information content (AvgIpc) is 2.79. The lowest BCUT2D eigenvalue weighted by atomic mass is 10.0. The van der Waals surface area contributed by atoms with E-state index in [1.165, 1.54) is 23.1 Å². The Labute approximate surface area is 164 Å². The van der Waals surface area contributed by atoms with Crippen LogP contribution >= 0.6 is 12.2 Å². The molecule has 0 radical (unpaired) electrons. The molecule has 2 aromatic carbocycles. The minimum atomic E-state index is -4.70. The molecule has 1 aliphatic rings. The zero-order chi connectivity index (χ0) is 20.9. The molecule has 3 rings (SSSR count). The molecule has 0 bridgehead atoms. The molecule has 1 saturated heterocycles. The lowest BCUT2D eigenvalue weighted by molar-refractivity contribution is -0.136. The molecule has 1 fully saturated rings. The van der Waals surface area contributed by atoms with E-state index in [4.69, 9.17) is 24.2 Å². The Morgan fingerprint density at radius 1 is 1.11 bits per heavy atom. The van der Waals surface area contributed by atoms with Crippen molar-refractivity contribution in [2.75, 3.05) is 9.80 Å². The van der Waals surface area contributed by atoms with Crippen LogP contribution in [0.3, 0.4) is 0 Å². The number of hydrogen-bond donors (Lipinski definition) is 2. The SMILES string of the molecule is [C-]#[N+]c1ccc(N2C(=N)C(C)(C)N(c3ccc(O)cc3)C2=S)cc1C(F)(F)F. The van der Waals surface area contributed by atoms with Crippen molar-refractivity contribution in [1.29, 1.82) is 5.41 Å². The Hall–Kier alpha value is -3.12. The molecule has 0 atom stereocenters. The first-order valence-corrected chi connectivity index (χ1v) is 8.50. The first kappa shape index (κ1) is 19.6. The van der Waals surface area contributed by atoms with Gasteiger partial charge in [0.1, 0.15) is 11.6 Å². The molecule has 0 amide bonds. The van der Waals surface area contributed by atoms with Gasteiger partial charge in [-0.3, -0.25) is 10.3 Å². The zero-order valence-electron chi connectivity index (χ0n) is 14.9. The van der Waals surface area contributed by atoms with Crippen LogP contribution < -0.4 is 9.80 Å². The summed E-state index contributed by atoms with van der Waals surface area (Å²) < 4.78 is 40.0. The number of thiocarbonyl (C=S) groups is 1. The summed E-state index contributed by atoms with van der Waals surface area (Å²) in [7, 11) is 0. The first-order valence-electron chi connectivity index (χ1n) is 8.09. The van der Waals surface area contributed by atoms with E-state index >= 15 is 0 Å². The normalized spacial score (nSPS) is 16.4. The maximum absolute atomic E-state index is 13.3. The molecule has 0 aliphatic carbocycles. The second-order valence-corrected chi connectivity index (χ2v) is 7.05. The van der Waals surface area contributed by atoms with E-state index in [1.807, 2.05) is 0 Å². The van der Waals surface area contributed by atoms with Crippen molar-refractivity contribution in [3.8, 4) is 5.75 Å². The second kappa shape index (κ2) is 6.49. The van der Waals surface area contributed by atoms with Crippen molar-refractivity contribution in [3.63, 3.8) is 0 Å². The third-order valence-corrected chi connectivity index (χ3v) is 4.88. The molecule has 28 heavy (non-hydrogen) atoms. The molecule has 144 valence electrons. The Balaban J connectivity index is 2.11. The summed E-state index contributed by atoms with van der Waals surface area (Å²) in [6.45, 7) is 10.4. The number of rotatable bonds is 2. The maximum atomic E-state index is 13.3. The Morgan fingerprint density at radius 2 is 1.68 bits per heavy atom. The van der Waals surface area contributed by atoms with Crippen molar-refractivity contribution < 1.29 is 18.3 Å². The van der Waals surface area contributed by atoms with Gasteiger partial charge in [0.25, 0.3) is 0 Å². The van der Waals surface area contributed by atoms with Crippen LogP contribution in [0, 0.1) is 12.0 Å². The number of aromatic hydroxyl groups is 1. The first-order chi connectivity index (χ1) is 13.0. The van der Waals surface area contributed by atoms with E-state index in [0.717, 1.165) is 12.1 Å². The van der Waals surface area contributed by atoms with Gasteiger partial charge in [0.2, 0.25) is 0 Å². The van der Waals surface area contributed by atoms with Crippen LogP contribution in [0.4, 0.5) is 30.2 Å².